The molecule has 1 N–H and O–H groups in total. The summed E-state index contributed by atoms with van der Waals surface area (Å²) in [6.07, 6.45) is 6.77. The first-order valence-corrected chi connectivity index (χ1v) is 16.5. The highest BCUT2D eigenvalue weighted by Crippen LogP contribution is 2.66. The van der Waals surface area contributed by atoms with Crippen molar-refractivity contribution in [2.24, 2.45) is 23.7 Å². The number of alkyl halides is 1. The van der Waals surface area contributed by atoms with Crippen molar-refractivity contribution in [2.45, 2.75) is 80.9 Å². The molecule has 7 rings (SSSR count). The standard InChI is InChI=1S/C33H41BrN4O4/c1-3-10-25-27-28(34)26-20-36(19-21-11-6-4-7-12-21)30(25)33(26,23-15-17-24(18-16-23)38(41)42)37(29(27)31(39)35-2)32(40)22-13-8-5-9-14-22/h4,6-7,11-12,15-18,22,25-30H,3,5,8-10,13-14,19-20H2,1-2H3,(H,35,39)/t25-,26-,27+,28-,29+,30+,33+/m1/s1. The van der Waals surface area contributed by atoms with E-state index in [2.05, 4.69) is 57.3 Å². The van der Waals surface area contributed by atoms with E-state index in [1.807, 2.05) is 23.1 Å². The van der Waals surface area contributed by atoms with Crippen molar-refractivity contribution in [1.82, 2.24) is 15.1 Å². The molecular formula is C33H41BrN4O4. The first-order chi connectivity index (χ1) is 20.3. The zero-order valence-corrected chi connectivity index (χ0v) is 26.0. The quantitative estimate of drug-likeness (QED) is 0.230. The normalized spacial score (nSPS) is 32.6. The third-order valence-electron chi connectivity index (χ3n) is 10.6. The molecule has 9 heteroatoms. The molecule has 8 nitrogen and oxygen atoms in total. The second kappa shape index (κ2) is 11.7. The van der Waals surface area contributed by atoms with E-state index < -0.39 is 11.6 Å². The number of carbonyl (C=O) groups excluding carboxylic acids is 2. The van der Waals surface area contributed by atoms with Crippen LogP contribution in [-0.2, 0) is 21.7 Å². The molecule has 5 fully saturated rings. The van der Waals surface area contributed by atoms with Gasteiger partial charge in [-0.25, -0.2) is 0 Å². The summed E-state index contributed by atoms with van der Waals surface area (Å²) in [5, 5.41) is 14.6. The Morgan fingerprint density at radius 3 is 2.38 bits per heavy atom. The number of fused-ring (bicyclic) bond motifs is 1. The van der Waals surface area contributed by atoms with E-state index in [4.69, 9.17) is 0 Å². The summed E-state index contributed by atoms with van der Waals surface area (Å²) >= 11 is 4.15. The van der Waals surface area contributed by atoms with E-state index in [9.17, 15) is 19.7 Å². The number of nitrogens with zero attached hydrogens (tertiary/aromatic N) is 3. The zero-order valence-electron chi connectivity index (χ0n) is 24.5. The van der Waals surface area contributed by atoms with Gasteiger partial charge in [-0.3, -0.25) is 24.6 Å². The van der Waals surface area contributed by atoms with Gasteiger partial charge in [0.25, 0.3) is 5.69 Å². The van der Waals surface area contributed by atoms with Crippen LogP contribution >= 0.6 is 15.9 Å². The van der Waals surface area contributed by atoms with Gasteiger partial charge in [-0.05, 0) is 48.4 Å². The number of non-ortho nitro benzene ring substituents is 1. The van der Waals surface area contributed by atoms with Gasteiger partial charge in [-0.15, -0.1) is 0 Å². The second-order valence-electron chi connectivity index (χ2n) is 12.7. The predicted molar refractivity (Wildman–Crippen MR) is 165 cm³/mol. The topological polar surface area (TPSA) is 95.8 Å². The number of nitrogens with one attached hydrogen (secondary N) is 1. The molecule has 5 aliphatic rings. The van der Waals surface area contributed by atoms with Crippen LogP contribution in [0.4, 0.5) is 5.69 Å². The molecule has 0 aromatic heterocycles. The van der Waals surface area contributed by atoms with E-state index in [0.29, 0.717) is 0 Å². The molecule has 42 heavy (non-hydrogen) atoms. The van der Waals surface area contributed by atoms with Gasteiger partial charge < -0.3 is 10.2 Å². The lowest BCUT2D eigenvalue weighted by molar-refractivity contribution is -0.384. The number of carbonyl (C=O) groups is 2. The van der Waals surface area contributed by atoms with E-state index in [-0.39, 0.29) is 57.0 Å². The van der Waals surface area contributed by atoms with Crippen molar-refractivity contribution < 1.29 is 14.5 Å². The molecule has 2 aliphatic carbocycles. The van der Waals surface area contributed by atoms with Crippen molar-refractivity contribution in [3.05, 3.63) is 75.8 Å². The zero-order chi connectivity index (χ0) is 29.6. The maximum atomic E-state index is 14.9. The number of rotatable bonds is 8. The highest BCUT2D eigenvalue weighted by atomic mass is 79.9. The monoisotopic (exact) mass is 636 g/mol. The van der Waals surface area contributed by atoms with Gasteiger partial charge in [-0.2, -0.15) is 0 Å². The fourth-order valence-electron chi connectivity index (χ4n) is 9.13. The number of hydrogen-bond donors (Lipinski definition) is 1. The van der Waals surface area contributed by atoms with Crippen LogP contribution in [0.2, 0.25) is 0 Å². The van der Waals surface area contributed by atoms with Crippen LogP contribution in [0.1, 0.15) is 63.0 Å². The molecule has 224 valence electrons. The van der Waals surface area contributed by atoms with Gasteiger partial charge in [0.05, 0.1) is 10.5 Å². The third-order valence-corrected chi connectivity index (χ3v) is 11.9. The molecule has 2 saturated carbocycles. The van der Waals surface area contributed by atoms with Crippen LogP contribution in [0.3, 0.4) is 0 Å². The van der Waals surface area contributed by atoms with Crippen LogP contribution in [0.25, 0.3) is 0 Å². The summed E-state index contributed by atoms with van der Waals surface area (Å²) in [4.78, 5) is 44.7. The molecule has 2 amide bonds. The molecule has 0 unspecified atom stereocenters. The van der Waals surface area contributed by atoms with Gasteiger partial charge in [-0.1, -0.05) is 78.9 Å². The molecule has 2 aromatic carbocycles. The Labute approximate surface area is 256 Å². The number of piperidine rings is 2. The number of halogens is 1. The van der Waals surface area contributed by atoms with Crippen molar-refractivity contribution >= 4 is 33.4 Å². The smallest absolute Gasteiger partial charge is 0.269 e. The number of nitro groups is 1. The van der Waals surface area contributed by atoms with Crippen molar-refractivity contribution in [1.29, 1.82) is 0 Å². The summed E-state index contributed by atoms with van der Waals surface area (Å²) in [5.41, 5.74) is 1.36. The molecule has 3 heterocycles. The third kappa shape index (κ3) is 4.50. The second-order valence-corrected chi connectivity index (χ2v) is 13.7. The summed E-state index contributed by atoms with van der Waals surface area (Å²) in [5.74, 6) is 0.00891. The summed E-state index contributed by atoms with van der Waals surface area (Å²) in [7, 11) is 1.67. The molecule has 4 bridgehead atoms. The van der Waals surface area contributed by atoms with E-state index in [1.54, 1.807) is 19.2 Å². The van der Waals surface area contributed by atoms with Gasteiger partial charge >= 0.3 is 0 Å². The van der Waals surface area contributed by atoms with Crippen LogP contribution in [0.15, 0.2) is 54.6 Å². The summed E-state index contributed by atoms with van der Waals surface area (Å²) < 4.78 is 0. The molecule has 0 radical (unpaired) electrons. The Bertz CT molecular complexity index is 1320. The minimum Gasteiger partial charge on any atom is -0.357 e. The lowest BCUT2D eigenvalue weighted by atomic mass is 9.52. The first-order valence-electron chi connectivity index (χ1n) is 15.6. The Hall–Kier alpha value is -2.78. The molecule has 0 spiro atoms. The molecule has 2 aromatic rings. The Balaban J connectivity index is 1.58. The van der Waals surface area contributed by atoms with E-state index in [1.165, 1.54) is 5.56 Å². The predicted octanol–water partition coefficient (Wildman–Crippen LogP) is 5.64. The minimum absolute atomic E-state index is 0.0129. The number of likely N-dealkylation sites (tertiary alicyclic amines) is 1. The summed E-state index contributed by atoms with van der Waals surface area (Å²) in [6, 6.07) is 16.7. The Morgan fingerprint density at radius 2 is 1.76 bits per heavy atom. The fourth-order valence-corrected chi connectivity index (χ4v) is 10.4. The Morgan fingerprint density at radius 1 is 1.07 bits per heavy atom. The van der Waals surface area contributed by atoms with Crippen LogP contribution in [0, 0.1) is 33.8 Å². The van der Waals surface area contributed by atoms with Gasteiger partial charge in [0.2, 0.25) is 11.8 Å². The lowest BCUT2D eigenvalue weighted by Gasteiger charge is -2.67. The molecule has 7 atom stereocenters. The molecule has 3 aliphatic heterocycles. The average Bonchev–Trinajstić information content (AvgIpc) is 3.31. The highest BCUT2D eigenvalue weighted by molar-refractivity contribution is 9.09. The lowest BCUT2D eigenvalue weighted by Crippen LogP contribution is -2.79. The Kier molecular flexibility index (Phi) is 8.17. The van der Waals surface area contributed by atoms with Gasteiger partial charge in [0.15, 0.2) is 0 Å². The van der Waals surface area contributed by atoms with Crippen molar-refractivity contribution in [2.75, 3.05) is 13.6 Å². The molecule has 3 saturated heterocycles. The van der Waals surface area contributed by atoms with Crippen LogP contribution in [-0.4, -0.2) is 57.0 Å². The highest BCUT2D eigenvalue weighted by Gasteiger charge is 2.75. The number of hydrogen-bond acceptors (Lipinski definition) is 5. The van der Waals surface area contributed by atoms with Crippen molar-refractivity contribution in [3.63, 3.8) is 0 Å². The number of likely N-dealkylation sites (N-methyl/N-ethyl adjacent to an activating group) is 1. The van der Waals surface area contributed by atoms with E-state index >= 15 is 0 Å². The average molecular weight is 638 g/mol. The van der Waals surface area contributed by atoms with Gasteiger partial charge in [0, 0.05) is 60.9 Å². The minimum atomic E-state index is -0.793. The van der Waals surface area contributed by atoms with Crippen molar-refractivity contribution in [3.8, 4) is 0 Å². The first kappa shape index (κ1) is 29.3. The molecular weight excluding hydrogens is 596 g/mol. The van der Waals surface area contributed by atoms with Gasteiger partial charge in [0.1, 0.15) is 6.04 Å². The van der Waals surface area contributed by atoms with Crippen LogP contribution < -0.4 is 5.32 Å². The number of amides is 2. The largest absolute Gasteiger partial charge is 0.357 e. The van der Waals surface area contributed by atoms with Crippen LogP contribution in [0.5, 0.6) is 0 Å². The SMILES string of the molecule is CCC[C@@H]1[C@H]2[C@H](Br)[C@H]3CN(Cc4ccccc4)[C@@H]1[C@@]3(c1ccc([N+](=O)[O-])cc1)N(C(=O)C1CCCCC1)[C@@H]2C(=O)NC. The number of nitro benzene ring substituents is 1. The van der Waals surface area contributed by atoms with E-state index in [0.717, 1.165) is 63.6 Å². The summed E-state index contributed by atoms with van der Waals surface area (Å²) in [6.45, 7) is 3.72. The number of benzene rings is 2. The maximum absolute atomic E-state index is 14.9. The maximum Gasteiger partial charge on any atom is 0.269 e. The fraction of sp³-hybridized carbons (Fsp3) is 0.576.